The molecule has 1 saturated carbocycles. The number of hydrogen-bond acceptors (Lipinski definition) is 4. The Kier molecular flexibility index (Phi) is 8.24. The normalized spacial score (nSPS) is 22.5. The van der Waals surface area contributed by atoms with Gasteiger partial charge < -0.3 is 4.90 Å². The fraction of sp³-hybridized carbons (Fsp3) is 0.520. The zero-order chi connectivity index (χ0) is 23.4. The Morgan fingerprint density at radius 1 is 0.909 bits per heavy atom. The first kappa shape index (κ1) is 24.8. The van der Waals surface area contributed by atoms with Gasteiger partial charge in [0.2, 0.25) is 10.0 Å². The molecule has 180 valence electrons. The number of hydrogen-bond donors (Lipinski definition) is 1. The van der Waals surface area contributed by atoms with Gasteiger partial charge in [0.05, 0.1) is 4.90 Å². The minimum atomic E-state index is -3.44. The van der Waals surface area contributed by atoms with Crippen LogP contribution in [0.1, 0.15) is 37.7 Å². The first-order valence-electron chi connectivity index (χ1n) is 11.8. The molecule has 1 aliphatic carbocycles. The molecule has 2 aromatic rings. The summed E-state index contributed by atoms with van der Waals surface area (Å²) in [4.78, 5) is 5.24. The zero-order valence-electron chi connectivity index (χ0n) is 19.1. The third-order valence-electron chi connectivity index (χ3n) is 6.94. The van der Waals surface area contributed by atoms with E-state index < -0.39 is 10.0 Å². The van der Waals surface area contributed by atoms with Gasteiger partial charge in [-0.3, -0.25) is 4.90 Å². The maximum atomic E-state index is 12.7. The summed E-state index contributed by atoms with van der Waals surface area (Å²) in [6.07, 6.45) is 5.18. The molecule has 2 aromatic carbocycles. The molecule has 0 bridgehead atoms. The van der Waals surface area contributed by atoms with E-state index in [0.29, 0.717) is 20.9 Å². The van der Waals surface area contributed by atoms with Crippen LogP contribution in [-0.4, -0.2) is 52.1 Å². The third-order valence-corrected chi connectivity index (χ3v) is 8.91. The standard InChI is InChI=1S/C25H33Cl2N3O2S/c1-19-2-8-25(9-3-19)33(31,32)28-23-6-4-20(5-7-23)10-11-29-12-14-30(15-13-29)24-17-21(26)16-22(27)18-24/h2-3,8-9,16-18,20,23,28H,4-7,10-15H2,1H3. The van der Waals surface area contributed by atoms with Crippen LogP contribution in [0.2, 0.25) is 10.0 Å². The van der Waals surface area contributed by atoms with Crippen LogP contribution in [0.4, 0.5) is 5.69 Å². The van der Waals surface area contributed by atoms with Gasteiger partial charge in [-0.25, -0.2) is 13.1 Å². The summed E-state index contributed by atoms with van der Waals surface area (Å²) in [5, 5.41) is 1.35. The third kappa shape index (κ3) is 6.86. The second-order valence-electron chi connectivity index (χ2n) is 9.40. The number of sulfonamides is 1. The number of piperazine rings is 1. The Labute approximate surface area is 208 Å². The molecule has 2 fully saturated rings. The predicted octanol–water partition coefficient (Wildman–Crippen LogP) is 5.35. The fourth-order valence-electron chi connectivity index (χ4n) is 4.89. The van der Waals surface area contributed by atoms with E-state index in [0.717, 1.165) is 69.7 Å². The second-order valence-corrected chi connectivity index (χ2v) is 12.0. The highest BCUT2D eigenvalue weighted by Gasteiger charge is 2.26. The Hall–Kier alpha value is -1.31. The van der Waals surface area contributed by atoms with Gasteiger partial charge in [0.1, 0.15) is 0 Å². The molecule has 0 amide bonds. The molecule has 0 unspecified atom stereocenters. The van der Waals surface area contributed by atoms with Crippen molar-refractivity contribution in [3.63, 3.8) is 0 Å². The Bertz CT molecular complexity index is 1010. The molecule has 0 radical (unpaired) electrons. The molecule has 1 N–H and O–H groups in total. The van der Waals surface area contributed by atoms with E-state index in [9.17, 15) is 8.42 Å². The van der Waals surface area contributed by atoms with E-state index in [1.165, 1.54) is 6.42 Å². The number of nitrogens with zero attached hydrogens (tertiary/aromatic N) is 2. The number of anilines is 1. The summed E-state index contributed by atoms with van der Waals surface area (Å²) >= 11 is 12.3. The monoisotopic (exact) mass is 509 g/mol. The summed E-state index contributed by atoms with van der Waals surface area (Å²) in [6.45, 7) is 7.09. The number of halogens is 2. The Morgan fingerprint density at radius 2 is 1.52 bits per heavy atom. The van der Waals surface area contributed by atoms with Crippen molar-refractivity contribution >= 4 is 38.9 Å². The van der Waals surface area contributed by atoms with Gasteiger partial charge in [-0.05, 0) is 81.8 Å². The molecular weight excluding hydrogens is 477 g/mol. The summed E-state index contributed by atoms with van der Waals surface area (Å²) in [5.74, 6) is 0.676. The first-order valence-corrected chi connectivity index (χ1v) is 14.0. The summed E-state index contributed by atoms with van der Waals surface area (Å²) in [6, 6.07) is 12.8. The molecule has 0 spiro atoms. The van der Waals surface area contributed by atoms with Crippen molar-refractivity contribution in [3.05, 3.63) is 58.1 Å². The molecule has 5 nitrogen and oxygen atoms in total. The molecular formula is C25H33Cl2N3O2S. The van der Waals surface area contributed by atoms with Gasteiger partial charge in [0.15, 0.2) is 0 Å². The Balaban J connectivity index is 1.18. The van der Waals surface area contributed by atoms with E-state index in [-0.39, 0.29) is 6.04 Å². The molecule has 8 heteroatoms. The highest BCUT2D eigenvalue weighted by atomic mass is 35.5. The highest BCUT2D eigenvalue weighted by molar-refractivity contribution is 7.89. The summed E-state index contributed by atoms with van der Waals surface area (Å²) in [7, 11) is -3.44. The molecule has 0 aromatic heterocycles. The highest BCUT2D eigenvalue weighted by Crippen LogP contribution is 2.29. The molecule has 33 heavy (non-hydrogen) atoms. The maximum Gasteiger partial charge on any atom is 0.240 e. The molecule has 4 rings (SSSR count). The van der Waals surface area contributed by atoms with E-state index in [1.807, 2.05) is 31.2 Å². The van der Waals surface area contributed by atoms with E-state index in [4.69, 9.17) is 23.2 Å². The van der Waals surface area contributed by atoms with Crippen LogP contribution in [-0.2, 0) is 10.0 Å². The lowest BCUT2D eigenvalue weighted by Gasteiger charge is -2.37. The molecule has 2 aliphatic rings. The SMILES string of the molecule is Cc1ccc(S(=O)(=O)NC2CCC(CCN3CCN(c4cc(Cl)cc(Cl)c4)CC3)CC2)cc1. The number of nitrogens with one attached hydrogen (secondary N) is 1. The topological polar surface area (TPSA) is 52.7 Å². The lowest BCUT2D eigenvalue weighted by atomic mass is 9.84. The smallest absolute Gasteiger partial charge is 0.240 e. The van der Waals surface area contributed by atoms with Crippen LogP contribution in [0.15, 0.2) is 47.4 Å². The quantitative estimate of drug-likeness (QED) is 0.546. The molecule has 1 aliphatic heterocycles. The average Bonchev–Trinajstić information content (AvgIpc) is 2.78. The maximum absolute atomic E-state index is 12.7. The molecule has 0 atom stereocenters. The summed E-state index contributed by atoms with van der Waals surface area (Å²) < 4.78 is 28.2. The van der Waals surface area contributed by atoms with E-state index in [2.05, 4.69) is 14.5 Å². The van der Waals surface area contributed by atoms with Gasteiger partial charge in [-0.2, -0.15) is 0 Å². The lowest BCUT2D eigenvalue weighted by molar-refractivity contribution is 0.214. The van der Waals surface area contributed by atoms with Gasteiger partial charge >= 0.3 is 0 Å². The Morgan fingerprint density at radius 3 is 2.12 bits per heavy atom. The number of benzene rings is 2. The lowest BCUT2D eigenvalue weighted by Crippen LogP contribution is -2.47. The van der Waals surface area contributed by atoms with Gasteiger partial charge in [0, 0.05) is 48.0 Å². The van der Waals surface area contributed by atoms with Crippen LogP contribution in [0, 0.1) is 12.8 Å². The van der Waals surface area contributed by atoms with E-state index in [1.54, 1.807) is 18.2 Å². The van der Waals surface area contributed by atoms with Gasteiger partial charge in [-0.15, -0.1) is 0 Å². The van der Waals surface area contributed by atoms with Crippen molar-refractivity contribution < 1.29 is 8.42 Å². The van der Waals surface area contributed by atoms with Crippen LogP contribution < -0.4 is 9.62 Å². The van der Waals surface area contributed by atoms with Crippen molar-refractivity contribution in [1.82, 2.24) is 9.62 Å². The first-order chi connectivity index (χ1) is 15.8. The van der Waals surface area contributed by atoms with Crippen molar-refractivity contribution in [2.45, 2.75) is 50.0 Å². The largest absolute Gasteiger partial charge is 0.369 e. The minimum absolute atomic E-state index is 0.0422. The van der Waals surface area contributed by atoms with Gasteiger partial charge in [-0.1, -0.05) is 40.9 Å². The van der Waals surface area contributed by atoms with Crippen molar-refractivity contribution in [1.29, 1.82) is 0 Å². The van der Waals surface area contributed by atoms with Crippen molar-refractivity contribution in [2.75, 3.05) is 37.6 Å². The van der Waals surface area contributed by atoms with E-state index >= 15 is 0 Å². The molecule has 1 saturated heterocycles. The van der Waals surface area contributed by atoms with Crippen molar-refractivity contribution in [3.8, 4) is 0 Å². The molecule has 1 heterocycles. The fourth-order valence-corrected chi connectivity index (χ4v) is 6.71. The zero-order valence-corrected chi connectivity index (χ0v) is 21.5. The van der Waals surface area contributed by atoms with Crippen LogP contribution in [0.3, 0.4) is 0 Å². The average molecular weight is 511 g/mol. The van der Waals surface area contributed by atoms with Crippen LogP contribution >= 0.6 is 23.2 Å². The van der Waals surface area contributed by atoms with Crippen LogP contribution in [0.5, 0.6) is 0 Å². The second kappa shape index (κ2) is 11.0. The summed E-state index contributed by atoms with van der Waals surface area (Å²) in [5.41, 5.74) is 2.16. The van der Waals surface area contributed by atoms with Crippen LogP contribution in [0.25, 0.3) is 0 Å². The van der Waals surface area contributed by atoms with Crippen molar-refractivity contribution in [2.24, 2.45) is 5.92 Å². The number of rotatable bonds is 7. The number of aryl methyl sites for hydroxylation is 1. The minimum Gasteiger partial charge on any atom is -0.369 e. The predicted molar refractivity (Wildman–Crippen MR) is 137 cm³/mol. The van der Waals surface area contributed by atoms with Gasteiger partial charge in [0.25, 0.3) is 0 Å².